The van der Waals surface area contributed by atoms with Gasteiger partial charge in [-0.05, 0) is 35.6 Å². The molecule has 3 aliphatic heterocycles. The van der Waals surface area contributed by atoms with Gasteiger partial charge < -0.3 is 9.80 Å². The fourth-order valence-electron chi connectivity index (χ4n) is 3.19. The third-order valence-electron chi connectivity index (χ3n) is 4.29. The predicted octanol–water partition coefficient (Wildman–Crippen LogP) is 2.12. The highest BCUT2D eigenvalue weighted by atomic mass is 35.5. The molecule has 3 heterocycles. The van der Waals surface area contributed by atoms with Crippen LogP contribution < -0.4 is 9.62 Å². The molecule has 1 amide bonds. The highest BCUT2D eigenvalue weighted by molar-refractivity contribution is 8.16. The second-order valence-corrected chi connectivity index (χ2v) is 8.99. The molecular weight excluding hydrogens is 384 g/mol. The number of benzene rings is 1. The second-order valence-electron chi connectivity index (χ2n) is 5.90. The van der Waals surface area contributed by atoms with E-state index in [9.17, 15) is 13.2 Å². The summed E-state index contributed by atoms with van der Waals surface area (Å²) in [5.74, 6) is -0.0222. The van der Waals surface area contributed by atoms with Gasteiger partial charge in [-0.15, -0.1) is 0 Å². The molecule has 3 aliphatic rings. The summed E-state index contributed by atoms with van der Waals surface area (Å²) in [4.78, 5) is 19.0. The molecular formula is C15H15ClN4O3S2. The number of thioether (sulfide) groups is 1. The van der Waals surface area contributed by atoms with E-state index in [0.717, 1.165) is 11.3 Å². The number of carbonyl (C=O) groups excluding carboxylic acids is 1. The van der Waals surface area contributed by atoms with Gasteiger partial charge in [-0.25, -0.2) is 13.4 Å². The van der Waals surface area contributed by atoms with Crippen LogP contribution in [0.5, 0.6) is 0 Å². The molecule has 10 heteroatoms. The number of fused-ring (bicyclic) bond motifs is 2. The summed E-state index contributed by atoms with van der Waals surface area (Å²) in [5, 5.41) is 1.37. The molecule has 0 aromatic heterocycles. The smallest absolute Gasteiger partial charge is 0.257 e. The van der Waals surface area contributed by atoms with Crippen molar-refractivity contribution in [2.75, 3.05) is 16.2 Å². The molecule has 2 unspecified atom stereocenters. The zero-order valence-corrected chi connectivity index (χ0v) is 15.6. The number of aliphatic imine (C=N–C) groups is 1. The third-order valence-corrected chi connectivity index (χ3v) is 7.20. The van der Waals surface area contributed by atoms with Gasteiger partial charge in [-0.2, -0.15) is 0 Å². The first-order valence-corrected chi connectivity index (χ1v) is 10.5. The highest BCUT2D eigenvalue weighted by Crippen LogP contribution is 2.36. The van der Waals surface area contributed by atoms with Crippen molar-refractivity contribution in [3.8, 4) is 0 Å². The molecule has 1 aromatic rings. The van der Waals surface area contributed by atoms with Crippen LogP contribution in [0.3, 0.4) is 0 Å². The number of carbonyl (C=O) groups is 1. The van der Waals surface area contributed by atoms with Gasteiger partial charge in [0, 0.05) is 31.0 Å². The Morgan fingerprint density at radius 1 is 1.44 bits per heavy atom. The number of nitrogens with zero attached hydrogens (tertiary/aromatic N) is 3. The van der Waals surface area contributed by atoms with Gasteiger partial charge in [0.05, 0.1) is 0 Å². The largest absolute Gasteiger partial charge is 0.312 e. The normalized spacial score (nSPS) is 24.3. The Morgan fingerprint density at radius 3 is 3.00 bits per heavy atom. The molecule has 1 N–H and O–H groups in total. The Kier molecular flexibility index (Phi) is 3.97. The van der Waals surface area contributed by atoms with E-state index in [1.54, 1.807) is 39.6 Å². The number of hydrogen-bond donors (Lipinski definition) is 1. The van der Waals surface area contributed by atoms with Crippen molar-refractivity contribution in [1.82, 2.24) is 4.90 Å². The van der Waals surface area contributed by atoms with Crippen molar-refractivity contribution in [3.63, 3.8) is 0 Å². The Balaban J connectivity index is 1.58. The Labute approximate surface area is 154 Å². The first-order valence-electron chi connectivity index (χ1n) is 7.63. The van der Waals surface area contributed by atoms with E-state index in [1.165, 1.54) is 18.7 Å². The lowest BCUT2D eigenvalue weighted by molar-refractivity contribution is -0.116. The number of amides is 1. The average molecular weight is 399 g/mol. The SMILES string of the molecule is CC(=O)N1CCc2cc(NS(=O)(=O)C3C(Cl)N=C4SC=CN43)ccc21. The molecule has 132 valence electrons. The number of anilines is 2. The topological polar surface area (TPSA) is 82.1 Å². The molecule has 0 bridgehead atoms. The zero-order chi connectivity index (χ0) is 17.8. The summed E-state index contributed by atoms with van der Waals surface area (Å²) in [7, 11) is -3.78. The Bertz CT molecular complexity index is 915. The van der Waals surface area contributed by atoms with Gasteiger partial charge in [-0.3, -0.25) is 9.52 Å². The van der Waals surface area contributed by atoms with Crippen molar-refractivity contribution in [2.24, 2.45) is 4.99 Å². The number of nitrogens with one attached hydrogen (secondary N) is 1. The summed E-state index contributed by atoms with van der Waals surface area (Å²) in [6, 6.07) is 5.19. The van der Waals surface area contributed by atoms with E-state index in [1.807, 2.05) is 0 Å². The van der Waals surface area contributed by atoms with Crippen LogP contribution in [0.1, 0.15) is 12.5 Å². The zero-order valence-electron chi connectivity index (χ0n) is 13.2. The number of alkyl halides is 1. The van der Waals surface area contributed by atoms with Gasteiger partial charge in [-0.1, -0.05) is 23.4 Å². The molecule has 25 heavy (non-hydrogen) atoms. The van der Waals surface area contributed by atoms with Crippen molar-refractivity contribution in [1.29, 1.82) is 0 Å². The first kappa shape index (κ1) is 16.7. The standard InChI is InChI=1S/C15H15ClN4O3S2/c1-9(21)19-5-4-10-8-11(2-3-12(10)19)18-25(22,23)14-13(16)17-15-20(14)6-7-24-15/h2-3,6-8,13-14,18H,4-5H2,1H3. The number of hydrogen-bond acceptors (Lipinski definition) is 6. The van der Waals surface area contributed by atoms with Gasteiger partial charge in [0.2, 0.25) is 5.91 Å². The molecule has 0 radical (unpaired) electrons. The summed E-state index contributed by atoms with van der Waals surface area (Å²) in [6.07, 6.45) is 2.37. The number of rotatable bonds is 3. The highest BCUT2D eigenvalue weighted by Gasteiger charge is 2.45. The lowest BCUT2D eigenvalue weighted by Gasteiger charge is -2.23. The van der Waals surface area contributed by atoms with Gasteiger partial charge in [0.1, 0.15) is 0 Å². The van der Waals surface area contributed by atoms with E-state index in [2.05, 4.69) is 9.71 Å². The maximum atomic E-state index is 12.8. The molecule has 1 aromatic carbocycles. The number of halogens is 1. The summed E-state index contributed by atoms with van der Waals surface area (Å²) < 4.78 is 28.2. The summed E-state index contributed by atoms with van der Waals surface area (Å²) >= 11 is 7.48. The summed E-state index contributed by atoms with van der Waals surface area (Å²) in [5.41, 5.74) is 1.36. The minimum Gasteiger partial charge on any atom is -0.312 e. The first-order chi connectivity index (χ1) is 11.9. The van der Waals surface area contributed by atoms with E-state index < -0.39 is 20.9 Å². The monoisotopic (exact) mass is 398 g/mol. The Morgan fingerprint density at radius 2 is 2.24 bits per heavy atom. The minimum absolute atomic E-state index is 0.0222. The summed E-state index contributed by atoms with van der Waals surface area (Å²) in [6.45, 7) is 2.13. The van der Waals surface area contributed by atoms with Crippen LogP contribution >= 0.6 is 23.4 Å². The van der Waals surface area contributed by atoms with E-state index in [0.29, 0.717) is 23.8 Å². The van der Waals surface area contributed by atoms with Crippen molar-refractivity contribution in [3.05, 3.63) is 35.4 Å². The molecule has 0 spiro atoms. The van der Waals surface area contributed by atoms with Crippen LogP contribution in [0.25, 0.3) is 0 Å². The van der Waals surface area contributed by atoms with Crippen molar-refractivity contribution >= 4 is 55.8 Å². The van der Waals surface area contributed by atoms with Crippen LogP contribution in [0, 0.1) is 0 Å². The Hall–Kier alpha value is -1.71. The van der Waals surface area contributed by atoms with E-state index >= 15 is 0 Å². The quantitative estimate of drug-likeness (QED) is 0.623. The number of amidine groups is 1. The van der Waals surface area contributed by atoms with Crippen LogP contribution in [-0.2, 0) is 21.2 Å². The maximum absolute atomic E-state index is 12.8. The average Bonchev–Trinajstić information content (AvgIpc) is 3.19. The van der Waals surface area contributed by atoms with E-state index in [4.69, 9.17) is 11.6 Å². The van der Waals surface area contributed by atoms with Gasteiger partial charge in [0.25, 0.3) is 10.0 Å². The molecule has 0 aliphatic carbocycles. The van der Waals surface area contributed by atoms with Crippen LogP contribution in [0.15, 0.2) is 34.8 Å². The molecule has 7 nitrogen and oxygen atoms in total. The van der Waals surface area contributed by atoms with Crippen LogP contribution in [0.4, 0.5) is 11.4 Å². The lowest BCUT2D eigenvalue weighted by Crippen LogP contribution is -2.42. The van der Waals surface area contributed by atoms with Crippen molar-refractivity contribution < 1.29 is 13.2 Å². The van der Waals surface area contributed by atoms with Crippen LogP contribution in [-0.4, -0.2) is 41.8 Å². The molecule has 2 atom stereocenters. The van der Waals surface area contributed by atoms with Gasteiger partial charge in [0.15, 0.2) is 16.0 Å². The molecule has 4 rings (SSSR count). The molecule has 0 saturated carbocycles. The fraction of sp³-hybridized carbons (Fsp3) is 0.333. The molecule has 0 saturated heterocycles. The third kappa shape index (κ3) is 2.80. The van der Waals surface area contributed by atoms with Crippen molar-refractivity contribution in [2.45, 2.75) is 24.2 Å². The second kappa shape index (κ2) is 5.93. The van der Waals surface area contributed by atoms with Crippen LogP contribution in [0.2, 0.25) is 0 Å². The molecule has 0 fully saturated rings. The minimum atomic E-state index is -3.78. The predicted molar refractivity (Wildman–Crippen MR) is 100 cm³/mol. The maximum Gasteiger partial charge on any atom is 0.257 e. The van der Waals surface area contributed by atoms with Gasteiger partial charge >= 0.3 is 0 Å². The fourth-order valence-corrected chi connectivity index (χ4v) is 6.12. The lowest BCUT2D eigenvalue weighted by atomic mass is 10.1. The number of sulfonamides is 1. The van der Waals surface area contributed by atoms with E-state index in [-0.39, 0.29) is 5.91 Å².